The third-order valence-electron chi connectivity index (χ3n) is 2.61. The van der Waals surface area contributed by atoms with Gasteiger partial charge in [-0.1, -0.05) is 12.2 Å². The van der Waals surface area contributed by atoms with Gasteiger partial charge in [0.05, 0.1) is 10.7 Å². The first-order valence-corrected chi connectivity index (χ1v) is 8.00. The maximum absolute atomic E-state index is 11.8. The van der Waals surface area contributed by atoms with Crippen LogP contribution in [0.15, 0.2) is 5.38 Å². The van der Waals surface area contributed by atoms with Crippen LogP contribution in [0, 0.1) is 0 Å². The molecule has 0 bridgehead atoms. The number of thiazole rings is 1. The van der Waals surface area contributed by atoms with Crippen LogP contribution < -0.4 is 10.5 Å². The third kappa shape index (κ3) is 2.93. The van der Waals surface area contributed by atoms with Crippen molar-refractivity contribution in [3.05, 3.63) is 11.1 Å². The molecular formula is C9H13N3O2S3. The molecule has 0 aromatic carbocycles. The first-order valence-electron chi connectivity index (χ1n) is 5.16. The summed E-state index contributed by atoms with van der Waals surface area (Å²) >= 11 is 5.97. The molecule has 1 aromatic heterocycles. The van der Waals surface area contributed by atoms with Crippen LogP contribution in [-0.4, -0.2) is 23.6 Å². The smallest absolute Gasteiger partial charge is 0.243 e. The molecule has 0 radical (unpaired) electrons. The van der Waals surface area contributed by atoms with Gasteiger partial charge in [-0.15, -0.1) is 11.3 Å². The Bertz CT molecular complexity index is 533. The summed E-state index contributed by atoms with van der Waals surface area (Å²) in [6.45, 7) is 1.46. The second-order valence-electron chi connectivity index (χ2n) is 4.04. The number of thiocarbonyl (C=S) groups is 1. The number of nitrogens with two attached hydrogens (primary N) is 1. The number of nitrogens with one attached hydrogen (secondary N) is 1. The van der Waals surface area contributed by atoms with Crippen molar-refractivity contribution in [3.63, 3.8) is 0 Å². The molecule has 0 aliphatic heterocycles. The van der Waals surface area contributed by atoms with Gasteiger partial charge in [-0.25, -0.2) is 13.4 Å². The van der Waals surface area contributed by atoms with Gasteiger partial charge in [0.25, 0.3) is 0 Å². The molecule has 1 aliphatic rings. The summed E-state index contributed by atoms with van der Waals surface area (Å²) in [5, 5.41) is 1.38. The summed E-state index contributed by atoms with van der Waals surface area (Å²) in [7, 11) is -3.57. The Labute approximate surface area is 109 Å². The van der Waals surface area contributed by atoms with E-state index in [4.69, 9.17) is 5.73 Å². The number of sulfonamides is 1. The molecule has 94 valence electrons. The summed E-state index contributed by atoms with van der Waals surface area (Å²) in [4.78, 5) is 4.20. The number of aromatic nitrogens is 1. The van der Waals surface area contributed by atoms with Crippen LogP contribution in [0.5, 0.6) is 0 Å². The molecule has 0 spiro atoms. The molecule has 1 atom stereocenters. The van der Waals surface area contributed by atoms with E-state index >= 15 is 0 Å². The number of hydrogen-bond donors (Lipinski definition) is 2. The largest absolute Gasteiger partial charge is 0.392 e. The van der Waals surface area contributed by atoms with Crippen molar-refractivity contribution >= 4 is 43.7 Å². The molecule has 17 heavy (non-hydrogen) atoms. The summed E-state index contributed by atoms with van der Waals surface area (Å²) in [6.07, 6.45) is 2.28. The highest BCUT2D eigenvalue weighted by Gasteiger charge is 2.28. The standard InChI is InChI=1S/C9H13N3O2S3/c1-5(8(10)15)17(13,14)12-9-11-7(4-16-9)6-2-3-6/h4-6H,2-3H2,1H3,(H2,10,15)(H,11,12). The van der Waals surface area contributed by atoms with Crippen LogP contribution >= 0.6 is 23.6 Å². The van der Waals surface area contributed by atoms with E-state index in [9.17, 15) is 8.42 Å². The molecule has 5 nitrogen and oxygen atoms in total. The van der Waals surface area contributed by atoms with Gasteiger partial charge in [-0.05, 0) is 19.8 Å². The van der Waals surface area contributed by atoms with Crippen molar-refractivity contribution in [3.8, 4) is 0 Å². The van der Waals surface area contributed by atoms with E-state index in [1.54, 1.807) is 0 Å². The van der Waals surface area contributed by atoms with Crippen LogP contribution in [0.2, 0.25) is 0 Å². The van der Waals surface area contributed by atoms with E-state index < -0.39 is 15.3 Å². The minimum Gasteiger partial charge on any atom is -0.392 e. The highest BCUT2D eigenvalue weighted by Crippen LogP contribution is 2.41. The maximum Gasteiger partial charge on any atom is 0.243 e. The van der Waals surface area contributed by atoms with Crippen molar-refractivity contribution in [2.75, 3.05) is 4.72 Å². The first-order chi connectivity index (χ1) is 7.90. The number of rotatable bonds is 5. The Hall–Kier alpha value is -0.730. The Morgan fingerprint density at radius 1 is 1.71 bits per heavy atom. The molecule has 0 saturated heterocycles. The van der Waals surface area contributed by atoms with Gasteiger partial charge in [0.1, 0.15) is 5.25 Å². The average molecular weight is 291 g/mol. The van der Waals surface area contributed by atoms with Crippen LogP contribution in [0.4, 0.5) is 5.13 Å². The van der Waals surface area contributed by atoms with Gasteiger partial charge in [0.2, 0.25) is 10.0 Å². The van der Waals surface area contributed by atoms with Crippen molar-refractivity contribution in [1.82, 2.24) is 4.98 Å². The number of anilines is 1. The molecule has 1 saturated carbocycles. The van der Waals surface area contributed by atoms with Crippen molar-refractivity contribution in [2.45, 2.75) is 30.9 Å². The first kappa shape index (κ1) is 12.7. The lowest BCUT2D eigenvalue weighted by Gasteiger charge is -2.11. The molecule has 3 N–H and O–H groups in total. The zero-order valence-corrected chi connectivity index (χ0v) is 11.7. The lowest BCUT2D eigenvalue weighted by atomic mass is 10.3. The van der Waals surface area contributed by atoms with E-state index in [0.717, 1.165) is 18.5 Å². The van der Waals surface area contributed by atoms with Crippen molar-refractivity contribution < 1.29 is 8.42 Å². The molecule has 2 rings (SSSR count). The average Bonchev–Trinajstić information content (AvgIpc) is 2.99. The maximum atomic E-state index is 11.8. The molecule has 1 fully saturated rings. The van der Waals surface area contributed by atoms with E-state index in [1.165, 1.54) is 18.3 Å². The summed E-state index contributed by atoms with van der Waals surface area (Å²) < 4.78 is 26.1. The van der Waals surface area contributed by atoms with Crippen LogP contribution in [-0.2, 0) is 10.0 Å². The van der Waals surface area contributed by atoms with E-state index in [0.29, 0.717) is 11.0 Å². The molecule has 1 heterocycles. The molecule has 1 unspecified atom stereocenters. The summed E-state index contributed by atoms with van der Waals surface area (Å²) in [6, 6.07) is 0. The van der Waals surface area contributed by atoms with Crippen molar-refractivity contribution in [2.24, 2.45) is 5.73 Å². The predicted molar refractivity (Wildman–Crippen MR) is 72.9 cm³/mol. The minimum absolute atomic E-state index is 0.0449. The fourth-order valence-electron chi connectivity index (χ4n) is 1.26. The topological polar surface area (TPSA) is 85.1 Å². The monoisotopic (exact) mass is 291 g/mol. The van der Waals surface area contributed by atoms with Crippen LogP contribution in [0.1, 0.15) is 31.4 Å². The number of nitrogens with zero attached hydrogens (tertiary/aromatic N) is 1. The lowest BCUT2D eigenvalue weighted by Crippen LogP contribution is -2.35. The Morgan fingerprint density at radius 2 is 2.35 bits per heavy atom. The molecule has 8 heteroatoms. The summed E-state index contributed by atoms with van der Waals surface area (Å²) in [5.74, 6) is 0.512. The van der Waals surface area contributed by atoms with Crippen LogP contribution in [0.25, 0.3) is 0 Å². The van der Waals surface area contributed by atoms with Gasteiger partial charge in [-0.2, -0.15) is 0 Å². The van der Waals surface area contributed by atoms with E-state index in [-0.39, 0.29) is 4.99 Å². The quantitative estimate of drug-likeness (QED) is 0.802. The molecule has 0 amide bonds. The highest BCUT2D eigenvalue weighted by atomic mass is 32.2. The zero-order valence-electron chi connectivity index (χ0n) is 9.21. The second kappa shape index (κ2) is 4.51. The van der Waals surface area contributed by atoms with Crippen LogP contribution in [0.3, 0.4) is 0 Å². The minimum atomic E-state index is -3.57. The van der Waals surface area contributed by atoms with E-state index in [1.807, 2.05) is 5.38 Å². The molecule has 1 aliphatic carbocycles. The Balaban J connectivity index is 2.11. The highest BCUT2D eigenvalue weighted by molar-refractivity contribution is 7.95. The molecule has 1 aromatic rings. The predicted octanol–water partition coefficient (Wildman–Crippen LogP) is 1.44. The SMILES string of the molecule is CC(C(N)=S)S(=O)(=O)Nc1nc(C2CC2)cs1. The normalized spacial score (nSPS) is 17.7. The van der Waals surface area contributed by atoms with Gasteiger partial charge < -0.3 is 5.73 Å². The van der Waals surface area contributed by atoms with Gasteiger partial charge >= 0.3 is 0 Å². The van der Waals surface area contributed by atoms with Gasteiger partial charge in [-0.3, -0.25) is 4.72 Å². The Morgan fingerprint density at radius 3 is 2.88 bits per heavy atom. The summed E-state index contributed by atoms with van der Waals surface area (Å²) in [5.41, 5.74) is 6.30. The molecular weight excluding hydrogens is 278 g/mol. The van der Waals surface area contributed by atoms with Crippen molar-refractivity contribution in [1.29, 1.82) is 0 Å². The lowest BCUT2D eigenvalue weighted by molar-refractivity contribution is 0.598. The Kier molecular flexibility index (Phi) is 3.37. The van der Waals surface area contributed by atoms with Gasteiger partial charge in [0, 0.05) is 11.3 Å². The zero-order chi connectivity index (χ0) is 12.6. The fourth-order valence-corrected chi connectivity index (χ4v) is 3.59. The third-order valence-corrected chi connectivity index (χ3v) is 5.68. The second-order valence-corrected chi connectivity index (χ2v) is 7.37. The number of hydrogen-bond acceptors (Lipinski definition) is 5. The fraction of sp³-hybridized carbons (Fsp3) is 0.556. The van der Waals surface area contributed by atoms with Gasteiger partial charge in [0.15, 0.2) is 5.13 Å². The van der Waals surface area contributed by atoms with E-state index in [2.05, 4.69) is 21.9 Å².